The van der Waals surface area contributed by atoms with Crippen LogP contribution in [0.25, 0.3) is 0 Å². The van der Waals surface area contributed by atoms with Crippen LogP contribution in [0.4, 0.5) is 5.69 Å². The molecule has 3 aromatic rings. The minimum atomic E-state index is -3.75. The van der Waals surface area contributed by atoms with Crippen LogP contribution in [-0.4, -0.2) is 25.0 Å². The zero-order chi connectivity index (χ0) is 18.4. The number of hydrogen-bond donors (Lipinski definition) is 1. The molecule has 1 aromatic heterocycles. The van der Waals surface area contributed by atoms with Crippen molar-refractivity contribution in [2.45, 2.75) is 11.8 Å². The lowest BCUT2D eigenvalue weighted by Crippen LogP contribution is -2.13. The summed E-state index contributed by atoms with van der Waals surface area (Å²) in [6, 6.07) is 15.6. The molecule has 0 amide bonds. The van der Waals surface area contributed by atoms with E-state index in [9.17, 15) is 8.42 Å². The van der Waals surface area contributed by atoms with Gasteiger partial charge in [-0.25, -0.2) is 18.4 Å². The molecule has 134 valence electrons. The molecule has 7 nitrogen and oxygen atoms in total. The van der Waals surface area contributed by atoms with Crippen molar-refractivity contribution in [1.29, 1.82) is 0 Å². The second-order valence-corrected chi connectivity index (χ2v) is 6.86. The molecule has 0 radical (unpaired) electrons. The van der Waals surface area contributed by atoms with Crippen LogP contribution in [0.5, 0.6) is 17.5 Å². The maximum atomic E-state index is 12.4. The number of aromatic nitrogens is 2. The highest BCUT2D eigenvalue weighted by Gasteiger charge is 2.15. The molecule has 0 fully saturated rings. The Labute approximate surface area is 151 Å². The van der Waals surface area contributed by atoms with Gasteiger partial charge in [0.15, 0.2) is 0 Å². The standard InChI is InChI=1S/C18H17N3O4S/c1-2-24-18-19-12-14(13-20-18)21-26(22,23)17-10-8-16(9-11-17)25-15-6-4-3-5-7-15/h3-13,21H,2H2,1H3. The molecule has 0 atom stereocenters. The lowest BCUT2D eigenvalue weighted by Gasteiger charge is -2.09. The third kappa shape index (κ3) is 4.48. The number of hydrogen-bond acceptors (Lipinski definition) is 6. The molecule has 0 aliphatic heterocycles. The summed E-state index contributed by atoms with van der Waals surface area (Å²) in [6.45, 7) is 2.24. The molecule has 26 heavy (non-hydrogen) atoms. The van der Waals surface area contributed by atoms with Gasteiger partial charge in [0.2, 0.25) is 0 Å². The molecule has 2 aromatic carbocycles. The third-order valence-corrected chi connectivity index (χ3v) is 4.66. The normalized spacial score (nSPS) is 11.0. The van der Waals surface area contributed by atoms with Crippen molar-refractivity contribution in [2.75, 3.05) is 11.3 Å². The molecule has 0 saturated heterocycles. The van der Waals surface area contributed by atoms with Gasteiger partial charge >= 0.3 is 6.01 Å². The van der Waals surface area contributed by atoms with Crippen LogP contribution in [0.2, 0.25) is 0 Å². The van der Waals surface area contributed by atoms with Gasteiger partial charge in [-0.05, 0) is 43.3 Å². The number of nitrogens with one attached hydrogen (secondary N) is 1. The number of ether oxygens (including phenoxy) is 2. The minimum Gasteiger partial charge on any atom is -0.464 e. The fourth-order valence-electron chi connectivity index (χ4n) is 2.10. The predicted octanol–water partition coefficient (Wildman–Crippen LogP) is 3.47. The van der Waals surface area contributed by atoms with Crippen molar-refractivity contribution in [2.24, 2.45) is 0 Å². The number of sulfonamides is 1. The van der Waals surface area contributed by atoms with E-state index in [-0.39, 0.29) is 16.6 Å². The maximum Gasteiger partial charge on any atom is 0.316 e. The molecular formula is C18H17N3O4S. The molecule has 0 bridgehead atoms. The molecule has 0 unspecified atom stereocenters. The zero-order valence-electron chi connectivity index (χ0n) is 14.0. The fourth-order valence-corrected chi connectivity index (χ4v) is 3.13. The molecule has 0 aliphatic carbocycles. The van der Waals surface area contributed by atoms with Crippen molar-refractivity contribution in [3.63, 3.8) is 0 Å². The second kappa shape index (κ2) is 7.83. The summed E-state index contributed by atoms with van der Waals surface area (Å²) >= 11 is 0. The van der Waals surface area contributed by atoms with Crippen molar-refractivity contribution in [3.8, 4) is 17.5 Å². The zero-order valence-corrected chi connectivity index (χ0v) is 14.8. The van der Waals surface area contributed by atoms with Crippen molar-refractivity contribution < 1.29 is 17.9 Å². The van der Waals surface area contributed by atoms with Gasteiger partial charge in [-0.15, -0.1) is 0 Å². The number of nitrogens with zero attached hydrogens (tertiary/aromatic N) is 2. The Morgan fingerprint density at radius 1 is 0.923 bits per heavy atom. The van der Waals surface area contributed by atoms with Crippen LogP contribution >= 0.6 is 0 Å². The molecule has 1 heterocycles. The highest BCUT2D eigenvalue weighted by atomic mass is 32.2. The number of rotatable bonds is 7. The van der Waals surface area contributed by atoms with Gasteiger partial charge in [-0.1, -0.05) is 18.2 Å². The van der Waals surface area contributed by atoms with E-state index in [0.717, 1.165) is 0 Å². The van der Waals surface area contributed by atoms with Crippen LogP contribution in [0.3, 0.4) is 0 Å². The lowest BCUT2D eigenvalue weighted by atomic mass is 10.3. The van der Waals surface area contributed by atoms with E-state index in [2.05, 4.69) is 14.7 Å². The van der Waals surface area contributed by atoms with E-state index in [1.54, 1.807) is 12.1 Å². The first-order valence-electron chi connectivity index (χ1n) is 7.87. The van der Waals surface area contributed by atoms with Crippen LogP contribution in [0.15, 0.2) is 71.9 Å². The Morgan fingerprint density at radius 2 is 1.54 bits per heavy atom. The third-order valence-electron chi connectivity index (χ3n) is 3.27. The van der Waals surface area contributed by atoms with Gasteiger partial charge in [-0.2, -0.15) is 0 Å². The molecule has 0 aliphatic rings. The smallest absolute Gasteiger partial charge is 0.316 e. The molecule has 1 N–H and O–H groups in total. The Morgan fingerprint density at radius 3 is 2.15 bits per heavy atom. The summed E-state index contributed by atoms with van der Waals surface area (Å²) in [5.41, 5.74) is 0.248. The molecule has 0 saturated carbocycles. The predicted molar refractivity (Wildman–Crippen MR) is 97.0 cm³/mol. The van der Waals surface area contributed by atoms with Gasteiger partial charge in [0, 0.05) is 0 Å². The van der Waals surface area contributed by atoms with Crippen LogP contribution in [-0.2, 0) is 10.0 Å². The van der Waals surface area contributed by atoms with Crippen LogP contribution in [0.1, 0.15) is 6.92 Å². The van der Waals surface area contributed by atoms with Gasteiger partial charge in [0.05, 0.1) is 29.6 Å². The fraction of sp³-hybridized carbons (Fsp3) is 0.111. The molecule has 8 heteroatoms. The molecule has 0 spiro atoms. The molecule has 3 rings (SSSR count). The first-order valence-corrected chi connectivity index (χ1v) is 9.36. The molecular weight excluding hydrogens is 354 g/mol. The van der Waals surface area contributed by atoms with E-state index in [0.29, 0.717) is 18.1 Å². The van der Waals surface area contributed by atoms with E-state index in [1.165, 1.54) is 24.5 Å². The van der Waals surface area contributed by atoms with Crippen molar-refractivity contribution in [3.05, 3.63) is 67.0 Å². The average molecular weight is 371 g/mol. The first kappa shape index (κ1) is 17.7. The van der Waals surface area contributed by atoms with Crippen molar-refractivity contribution >= 4 is 15.7 Å². The minimum absolute atomic E-state index is 0.104. The largest absolute Gasteiger partial charge is 0.464 e. The van der Waals surface area contributed by atoms with Gasteiger partial charge in [0.25, 0.3) is 10.0 Å². The van der Waals surface area contributed by atoms with Gasteiger partial charge < -0.3 is 9.47 Å². The summed E-state index contributed by atoms with van der Waals surface area (Å²) in [7, 11) is -3.75. The SMILES string of the molecule is CCOc1ncc(NS(=O)(=O)c2ccc(Oc3ccccc3)cc2)cn1. The Hall–Kier alpha value is -3.13. The van der Waals surface area contributed by atoms with E-state index in [1.807, 2.05) is 37.3 Å². The highest BCUT2D eigenvalue weighted by molar-refractivity contribution is 7.92. The summed E-state index contributed by atoms with van der Waals surface area (Å²) in [5, 5.41) is 0. The number of anilines is 1. The quantitative estimate of drug-likeness (QED) is 0.684. The van der Waals surface area contributed by atoms with E-state index < -0.39 is 10.0 Å². The lowest BCUT2D eigenvalue weighted by molar-refractivity contribution is 0.312. The summed E-state index contributed by atoms with van der Waals surface area (Å²) in [5.74, 6) is 1.22. The Balaban J connectivity index is 1.70. The Kier molecular flexibility index (Phi) is 5.33. The maximum absolute atomic E-state index is 12.4. The van der Waals surface area contributed by atoms with Gasteiger partial charge in [0.1, 0.15) is 11.5 Å². The average Bonchev–Trinajstić information content (AvgIpc) is 2.65. The number of benzene rings is 2. The summed E-state index contributed by atoms with van der Waals surface area (Å²) in [4.78, 5) is 7.96. The number of para-hydroxylation sites is 1. The van der Waals surface area contributed by atoms with Crippen LogP contribution in [0, 0.1) is 0 Å². The van der Waals surface area contributed by atoms with Crippen molar-refractivity contribution in [1.82, 2.24) is 9.97 Å². The van der Waals surface area contributed by atoms with E-state index in [4.69, 9.17) is 9.47 Å². The second-order valence-electron chi connectivity index (χ2n) is 5.18. The van der Waals surface area contributed by atoms with Crippen LogP contribution < -0.4 is 14.2 Å². The first-order chi connectivity index (χ1) is 12.6. The highest BCUT2D eigenvalue weighted by Crippen LogP contribution is 2.23. The Bertz CT molecular complexity index is 944. The summed E-state index contributed by atoms with van der Waals surface area (Å²) in [6.07, 6.45) is 2.70. The van der Waals surface area contributed by atoms with Gasteiger partial charge in [-0.3, -0.25) is 4.72 Å². The van der Waals surface area contributed by atoms with E-state index >= 15 is 0 Å². The summed E-state index contributed by atoms with van der Waals surface area (Å²) < 4.78 is 38.1. The topological polar surface area (TPSA) is 90.4 Å². The monoisotopic (exact) mass is 371 g/mol.